The van der Waals surface area contributed by atoms with Crippen LogP contribution < -0.4 is 0 Å². The molecule has 5 aromatic rings. The Hall–Kier alpha value is -3.93. The van der Waals surface area contributed by atoms with E-state index in [0.29, 0.717) is 22.7 Å². The highest BCUT2D eigenvalue weighted by Gasteiger charge is 2.18. The Bertz CT molecular complexity index is 1370. The van der Waals surface area contributed by atoms with E-state index in [4.69, 9.17) is 9.97 Å². The Morgan fingerprint density at radius 2 is 1.48 bits per heavy atom. The Balaban J connectivity index is 1.82. The molecule has 0 atom stereocenters. The second-order valence-electron chi connectivity index (χ2n) is 6.74. The van der Waals surface area contributed by atoms with Gasteiger partial charge in [0.05, 0.1) is 11.0 Å². The predicted octanol–water partition coefficient (Wildman–Crippen LogP) is 4.98. The van der Waals surface area contributed by atoms with Crippen LogP contribution in [-0.2, 0) is 0 Å². The summed E-state index contributed by atoms with van der Waals surface area (Å²) in [6.07, 6.45) is 0. The number of hydrogen-bond donors (Lipinski definition) is 0. The zero-order chi connectivity index (χ0) is 20.0. The van der Waals surface area contributed by atoms with Gasteiger partial charge >= 0.3 is 0 Å². The summed E-state index contributed by atoms with van der Waals surface area (Å²) in [4.78, 5) is 25.8. The smallest absolute Gasteiger partial charge is 0.199 e. The zero-order valence-corrected chi connectivity index (χ0v) is 15.5. The van der Waals surface area contributed by atoms with Crippen LogP contribution in [0.15, 0.2) is 72.8 Å². The second-order valence-corrected chi connectivity index (χ2v) is 6.74. The lowest BCUT2D eigenvalue weighted by atomic mass is 10.1. The molecule has 0 aliphatic rings. The molecule has 5 nitrogen and oxygen atoms in total. The van der Waals surface area contributed by atoms with Crippen LogP contribution >= 0.6 is 0 Å². The number of ketones is 1. The predicted molar refractivity (Wildman–Crippen MR) is 110 cm³/mol. The highest BCUT2D eigenvalue weighted by Crippen LogP contribution is 2.28. The summed E-state index contributed by atoms with van der Waals surface area (Å²) in [6, 6.07) is 21.0. The summed E-state index contributed by atoms with van der Waals surface area (Å²) in [5, 5.41) is 0. The van der Waals surface area contributed by atoms with Gasteiger partial charge in [-0.2, -0.15) is 0 Å². The molecular weight excluding hydrogens is 367 g/mol. The van der Waals surface area contributed by atoms with Gasteiger partial charge in [0.15, 0.2) is 17.1 Å². The van der Waals surface area contributed by atoms with Crippen LogP contribution in [0.1, 0.15) is 17.3 Å². The number of imidazole rings is 1. The van der Waals surface area contributed by atoms with Crippen LogP contribution in [-0.4, -0.2) is 25.3 Å². The molecule has 6 heteroatoms. The van der Waals surface area contributed by atoms with Crippen molar-refractivity contribution >= 4 is 28.1 Å². The highest BCUT2D eigenvalue weighted by atomic mass is 19.1. The Morgan fingerprint density at radius 3 is 2.14 bits per heavy atom. The van der Waals surface area contributed by atoms with Crippen molar-refractivity contribution in [1.29, 1.82) is 0 Å². The topological polar surface area (TPSA) is 60.7 Å². The molecule has 0 saturated heterocycles. The van der Waals surface area contributed by atoms with Gasteiger partial charge in [0.25, 0.3) is 0 Å². The largest absolute Gasteiger partial charge is 0.295 e. The monoisotopic (exact) mass is 382 g/mol. The minimum atomic E-state index is -0.316. The molecule has 3 aromatic carbocycles. The van der Waals surface area contributed by atoms with Crippen LogP contribution in [0.3, 0.4) is 0 Å². The van der Waals surface area contributed by atoms with Crippen molar-refractivity contribution in [3.63, 3.8) is 0 Å². The number of rotatable bonds is 3. The average Bonchev–Trinajstić information content (AvgIpc) is 3.10. The van der Waals surface area contributed by atoms with E-state index >= 15 is 0 Å². The van der Waals surface area contributed by atoms with Crippen LogP contribution in [0.5, 0.6) is 0 Å². The molecule has 5 rings (SSSR count). The molecule has 0 unspecified atom stereocenters. The number of carbonyl (C=O) groups excluding carboxylic acids is 1. The van der Waals surface area contributed by atoms with E-state index in [-0.39, 0.29) is 11.6 Å². The SMILES string of the molecule is CC(=O)c1ccc(-n2c(-c3ccc(F)cc3)nc3nc4ccccc4nc32)cc1. The molecule has 0 saturated carbocycles. The first kappa shape index (κ1) is 17.2. The minimum Gasteiger partial charge on any atom is -0.295 e. The van der Waals surface area contributed by atoms with Crippen LogP contribution in [0, 0.1) is 5.82 Å². The Labute approximate surface area is 165 Å². The van der Waals surface area contributed by atoms with Gasteiger partial charge in [-0.25, -0.2) is 19.3 Å². The van der Waals surface area contributed by atoms with E-state index in [1.54, 1.807) is 24.3 Å². The third-order valence-corrected chi connectivity index (χ3v) is 4.80. The van der Waals surface area contributed by atoms with Crippen molar-refractivity contribution in [2.45, 2.75) is 6.92 Å². The molecule has 0 aliphatic carbocycles. The van der Waals surface area contributed by atoms with Crippen molar-refractivity contribution in [1.82, 2.24) is 19.5 Å². The van der Waals surface area contributed by atoms with Gasteiger partial charge in [-0.15, -0.1) is 0 Å². The molecule has 2 aromatic heterocycles. The quantitative estimate of drug-likeness (QED) is 0.413. The lowest BCUT2D eigenvalue weighted by Gasteiger charge is -2.09. The molecule has 0 amide bonds. The van der Waals surface area contributed by atoms with E-state index < -0.39 is 0 Å². The maximum atomic E-state index is 13.5. The first-order valence-corrected chi connectivity index (χ1v) is 9.13. The fraction of sp³-hybridized carbons (Fsp3) is 0.0435. The summed E-state index contributed by atoms with van der Waals surface area (Å²) in [7, 11) is 0. The normalized spacial score (nSPS) is 11.2. The summed E-state index contributed by atoms with van der Waals surface area (Å²) in [5.41, 5.74) is 4.76. The number of fused-ring (bicyclic) bond motifs is 2. The van der Waals surface area contributed by atoms with Gasteiger partial charge in [0, 0.05) is 16.8 Å². The van der Waals surface area contributed by atoms with E-state index in [1.807, 2.05) is 41.0 Å². The number of halogens is 1. The number of aromatic nitrogens is 4. The highest BCUT2D eigenvalue weighted by molar-refractivity contribution is 5.94. The van der Waals surface area contributed by atoms with Gasteiger partial charge < -0.3 is 0 Å². The van der Waals surface area contributed by atoms with Crippen molar-refractivity contribution < 1.29 is 9.18 Å². The maximum Gasteiger partial charge on any atom is 0.199 e. The van der Waals surface area contributed by atoms with E-state index in [2.05, 4.69) is 4.98 Å². The van der Waals surface area contributed by atoms with Crippen molar-refractivity contribution in [3.8, 4) is 17.1 Å². The number of para-hydroxylation sites is 2. The van der Waals surface area contributed by atoms with E-state index in [1.165, 1.54) is 19.1 Å². The van der Waals surface area contributed by atoms with Crippen LogP contribution in [0.2, 0.25) is 0 Å². The van der Waals surface area contributed by atoms with Crippen molar-refractivity contribution in [2.24, 2.45) is 0 Å². The van der Waals surface area contributed by atoms with Gasteiger partial charge in [-0.1, -0.05) is 12.1 Å². The Morgan fingerprint density at radius 1 is 0.828 bits per heavy atom. The molecule has 0 spiro atoms. The third-order valence-electron chi connectivity index (χ3n) is 4.80. The number of benzene rings is 3. The van der Waals surface area contributed by atoms with Crippen LogP contribution in [0.4, 0.5) is 4.39 Å². The lowest BCUT2D eigenvalue weighted by Crippen LogP contribution is -2.00. The summed E-state index contributed by atoms with van der Waals surface area (Å²) >= 11 is 0. The fourth-order valence-electron chi connectivity index (χ4n) is 3.34. The molecular formula is C23H15FN4O. The Kier molecular flexibility index (Phi) is 3.91. The summed E-state index contributed by atoms with van der Waals surface area (Å²) in [5.74, 6) is 0.284. The maximum absolute atomic E-state index is 13.5. The van der Waals surface area contributed by atoms with Crippen LogP contribution in [0.25, 0.3) is 39.4 Å². The first-order valence-electron chi connectivity index (χ1n) is 9.13. The van der Waals surface area contributed by atoms with E-state index in [9.17, 15) is 9.18 Å². The molecule has 0 aliphatic heterocycles. The second kappa shape index (κ2) is 6.60. The average molecular weight is 382 g/mol. The molecule has 0 fully saturated rings. The standard InChI is InChI=1S/C23H15FN4O/c1-14(29)15-8-12-18(13-9-15)28-22(16-6-10-17(24)11-7-16)27-21-23(28)26-20-5-3-2-4-19(20)25-21/h2-13H,1H3. The lowest BCUT2D eigenvalue weighted by molar-refractivity contribution is 0.101. The van der Waals surface area contributed by atoms with Gasteiger partial charge in [0.1, 0.15) is 11.6 Å². The summed E-state index contributed by atoms with van der Waals surface area (Å²) in [6.45, 7) is 1.53. The van der Waals surface area contributed by atoms with Crippen molar-refractivity contribution in [2.75, 3.05) is 0 Å². The van der Waals surface area contributed by atoms with E-state index in [0.717, 1.165) is 22.3 Å². The molecule has 0 N–H and O–H groups in total. The summed E-state index contributed by atoms with van der Waals surface area (Å²) < 4.78 is 15.3. The molecule has 2 heterocycles. The van der Waals surface area contributed by atoms with Crippen molar-refractivity contribution in [3.05, 3.63) is 84.2 Å². The molecule has 0 bridgehead atoms. The first-order chi connectivity index (χ1) is 14.1. The minimum absolute atomic E-state index is 0.00316. The third kappa shape index (κ3) is 2.95. The number of hydrogen-bond acceptors (Lipinski definition) is 4. The number of carbonyl (C=O) groups is 1. The van der Waals surface area contributed by atoms with Gasteiger partial charge in [-0.05, 0) is 67.6 Å². The fourth-order valence-corrected chi connectivity index (χ4v) is 3.34. The molecule has 140 valence electrons. The number of Topliss-reactive ketones (excluding diaryl/α,β-unsaturated/α-hetero) is 1. The molecule has 0 radical (unpaired) electrons. The zero-order valence-electron chi connectivity index (χ0n) is 15.5. The number of nitrogens with zero attached hydrogens (tertiary/aromatic N) is 4. The van der Waals surface area contributed by atoms with Gasteiger partial charge in [-0.3, -0.25) is 9.36 Å². The van der Waals surface area contributed by atoms with Gasteiger partial charge in [0.2, 0.25) is 0 Å². The molecule has 29 heavy (non-hydrogen) atoms.